The lowest BCUT2D eigenvalue weighted by Gasteiger charge is -2.32. The molecule has 0 aromatic heterocycles. The third-order valence-corrected chi connectivity index (χ3v) is 7.54. The number of hydrogen-bond acceptors (Lipinski definition) is 4. The largest absolute Gasteiger partial charge is 0.496 e. The molecule has 1 heterocycles. The number of anilines is 1. The Morgan fingerprint density at radius 2 is 1.69 bits per heavy atom. The highest BCUT2D eigenvalue weighted by Crippen LogP contribution is 2.28. The highest BCUT2D eigenvalue weighted by molar-refractivity contribution is 7.89. The molecule has 29 heavy (non-hydrogen) atoms. The van der Waals surface area contributed by atoms with Crippen LogP contribution in [0, 0.1) is 19.8 Å². The van der Waals surface area contributed by atoms with Gasteiger partial charge in [-0.15, -0.1) is 0 Å². The molecule has 0 amide bonds. The maximum atomic E-state index is 13.0. The number of hydrogen-bond donors (Lipinski definition) is 1. The summed E-state index contributed by atoms with van der Waals surface area (Å²) in [7, 11) is -2.05. The number of sulfonamides is 1. The van der Waals surface area contributed by atoms with Gasteiger partial charge >= 0.3 is 0 Å². The zero-order valence-electron chi connectivity index (χ0n) is 18.0. The number of ether oxygens (including phenoxy) is 1. The van der Waals surface area contributed by atoms with E-state index in [9.17, 15) is 8.42 Å². The lowest BCUT2D eigenvalue weighted by molar-refractivity contribution is 0.411. The fourth-order valence-corrected chi connectivity index (χ4v) is 5.42. The van der Waals surface area contributed by atoms with Gasteiger partial charge in [0, 0.05) is 24.8 Å². The van der Waals surface area contributed by atoms with Crippen LogP contribution in [0.25, 0.3) is 0 Å². The van der Waals surface area contributed by atoms with Crippen molar-refractivity contribution >= 4 is 15.7 Å². The molecule has 1 aliphatic heterocycles. The predicted molar refractivity (Wildman–Crippen MR) is 118 cm³/mol. The third kappa shape index (κ3) is 4.93. The monoisotopic (exact) mass is 416 g/mol. The van der Waals surface area contributed by atoms with E-state index in [-0.39, 0.29) is 6.04 Å². The molecule has 2 aromatic carbocycles. The zero-order valence-corrected chi connectivity index (χ0v) is 18.8. The van der Waals surface area contributed by atoms with Crippen molar-refractivity contribution in [2.75, 3.05) is 25.1 Å². The summed E-state index contributed by atoms with van der Waals surface area (Å²) in [5, 5.41) is 0. The fraction of sp³-hybridized carbons (Fsp3) is 0.478. The first kappa shape index (κ1) is 21.7. The highest BCUT2D eigenvalue weighted by atomic mass is 32.2. The molecule has 1 unspecified atom stereocenters. The van der Waals surface area contributed by atoms with Crippen molar-refractivity contribution in [1.29, 1.82) is 0 Å². The van der Waals surface area contributed by atoms with Crippen LogP contribution in [0.3, 0.4) is 0 Å². The van der Waals surface area contributed by atoms with Crippen molar-refractivity contribution in [1.82, 2.24) is 4.72 Å². The van der Waals surface area contributed by atoms with Crippen molar-refractivity contribution in [3.63, 3.8) is 0 Å². The Kier molecular flexibility index (Phi) is 6.54. The Balaban J connectivity index is 1.74. The van der Waals surface area contributed by atoms with Crippen LogP contribution in [0.2, 0.25) is 0 Å². The third-order valence-electron chi connectivity index (χ3n) is 5.86. The molecule has 3 rings (SSSR count). The van der Waals surface area contributed by atoms with E-state index in [2.05, 4.69) is 28.7 Å². The molecule has 1 saturated heterocycles. The van der Waals surface area contributed by atoms with Gasteiger partial charge in [-0.3, -0.25) is 0 Å². The Bertz CT molecular complexity index is 947. The van der Waals surface area contributed by atoms with Gasteiger partial charge in [-0.25, -0.2) is 13.1 Å². The average molecular weight is 417 g/mol. The van der Waals surface area contributed by atoms with E-state index < -0.39 is 10.0 Å². The zero-order chi connectivity index (χ0) is 21.2. The number of aryl methyl sites for hydroxylation is 2. The van der Waals surface area contributed by atoms with Gasteiger partial charge in [-0.2, -0.15) is 0 Å². The first-order valence-corrected chi connectivity index (χ1v) is 11.7. The quantitative estimate of drug-likeness (QED) is 0.748. The van der Waals surface area contributed by atoms with Crippen LogP contribution >= 0.6 is 0 Å². The van der Waals surface area contributed by atoms with E-state index in [0.29, 0.717) is 16.2 Å². The molecule has 0 radical (unpaired) electrons. The molecule has 1 fully saturated rings. The van der Waals surface area contributed by atoms with Crippen LogP contribution in [0.1, 0.15) is 49.4 Å². The molecule has 6 heteroatoms. The second kappa shape index (κ2) is 8.76. The van der Waals surface area contributed by atoms with E-state index in [0.717, 1.165) is 30.1 Å². The number of benzene rings is 2. The van der Waals surface area contributed by atoms with E-state index in [1.807, 2.05) is 26.0 Å². The van der Waals surface area contributed by atoms with Crippen molar-refractivity contribution in [3.8, 4) is 5.75 Å². The summed E-state index contributed by atoms with van der Waals surface area (Å²) in [4.78, 5) is 2.70. The van der Waals surface area contributed by atoms with Gasteiger partial charge in [0.15, 0.2) is 0 Å². The smallest absolute Gasteiger partial charge is 0.241 e. The van der Waals surface area contributed by atoms with Crippen LogP contribution in [-0.2, 0) is 10.0 Å². The minimum absolute atomic E-state index is 0.293. The minimum Gasteiger partial charge on any atom is -0.496 e. The van der Waals surface area contributed by atoms with Crippen LogP contribution in [0.5, 0.6) is 5.75 Å². The van der Waals surface area contributed by atoms with Crippen LogP contribution in [-0.4, -0.2) is 28.6 Å². The number of methoxy groups -OCH3 is 1. The topological polar surface area (TPSA) is 58.6 Å². The normalized spacial score (nSPS) is 16.7. The average Bonchev–Trinajstić information content (AvgIpc) is 2.69. The minimum atomic E-state index is -3.64. The Hall–Kier alpha value is -2.05. The van der Waals surface area contributed by atoms with E-state index in [1.165, 1.54) is 18.5 Å². The van der Waals surface area contributed by atoms with Gasteiger partial charge in [0.05, 0.1) is 12.0 Å². The standard InChI is InChI=1S/C23H32N2O3S/c1-16-10-12-25(13-11-16)21-8-6-20(7-9-21)19(4)24-29(26,27)23-15-17(2)22(28-5)14-18(23)3/h6-9,14-16,19,24H,10-13H2,1-5H3. The molecule has 2 aromatic rings. The summed E-state index contributed by atoms with van der Waals surface area (Å²) in [6, 6.07) is 11.3. The Morgan fingerprint density at radius 1 is 1.07 bits per heavy atom. The van der Waals surface area contributed by atoms with E-state index >= 15 is 0 Å². The predicted octanol–water partition coefficient (Wildman–Crippen LogP) is 4.59. The summed E-state index contributed by atoms with van der Waals surface area (Å²) < 4.78 is 34.1. The molecule has 0 spiro atoms. The lowest BCUT2D eigenvalue weighted by Crippen LogP contribution is -2.32. The van der Waals surface area contributed by atoms with Gasteiger partial charge in [-0.1, -0.05) is 19.1 Å². The SMILES string of the molecule is COc1cc(C)c(S(=O)(=O)NC(C)c2ccc(N3CCC(C)CC3)cc2)cc1C. The molecule has 5 nitrogen and oxygen atoms in total. The van der Waals surface area contributed by atoms with Crippen molar-refractivity contribution < 1.29 is 13.2 Å². The van der Waals surface area contributed by atoms with Crippen molar-refractivity contribution in [2.24, 2.45) is 5.92 Å². The second-order valence-electron chi connectivity index (χ2n) is 8.19. The number of piperidine rings is 1. The number of rotatable bonds is 6. The summed E-state index contributed by atoms with van der Waals surface area (Å²) in [5.74, 6) is 1.49. The summed E-state index contributed by atoms with van der Waals surface area (Å²) in [5.41, 5.74) is 3.62. The fourth-order valence-electron chi connectivity index (χ4n) is 3.88. The van der Waals surface area contributed by atoms with Gasteiger partial charge in [0.25, 0.3) is 0 Å². The lowest BCUT2D eigenvalue weighted by atomic mass is 9.98. The van der Waals surface area contributed by atoms with Crippen LogP contribution in [0.15, 0.2) is 41.3 Å². The summed E-state index contributed by atoms with van der Waals surface area (Å²) in [6.45, 7) is 9.98. The molecular formula is C23H32N2O3S. The van der Waals surface area contributed by atoms with Gasteiger partial charge < -0.3 is 9.64 Å². The van der Waals surface area contributed by atoms with Crippen molar-refractivity contribution in [3.05, 3.63) is 53.1 Å². The molecule has 158 valence electrons. The molecule has 0 bridgehead atoms. The summed E-state index contributed by atoms with van der Waals surface area (Å²) >= 11 is 0. The Morgan fingerprint density at radius 3 is 2.28 bits per heavy atom. The molecule has 0 saturated carbocycles. The van der Waals surface area contributed by atoms with Crippen LogP contribution < -0.4 is 14.4 Å². The molecule has 0 aliphatic carbocycles. The maximum absolute atomic E-state index is 13.0. The first-order chi connectivity index (χ1) is 13.7. The first-order valence-electron chi connectivity index (χ1n) is 10.2. The molecule has 1 N–H and O–H groups in total. The summed E-state index contributed by atoms with van der Waals surface area (Å²) in [6.07, 6.45) is 2.44. The van der Waals surface area contributed by atoms with E-state index in [1.54, 1.807) is 26.2 Å². The van der Waals surface area contributed by atoms with Gasteiger partial charge in [-0.05, 0) is 80.5 Å². The Labute approximate surface area is 175 Å². The maximum Gasteiger partial charge on any atom is 0.241 e. The number of nitrogens with zero attached hydrogens (tertiary/aromatic N) is 1. The second-order valence-corrected chi connectivity index (χ2v) is 9.87. The van der Waals surface area contributed by atoms with Gasteiger partial charge in [0.1, 0.15) is 5.75 Å². The molecule has 1 aliphatic rings. The molecule has 1 atom stereocenters. The van der Waals surface area contributed by atoms with E-state index in [4.69, 9.17) is 4.74 Å². The number of nitrogens with one attached hydrogen (secondary N) is 1. The molecular weight excluding hydrogens is 384 g/mol. The van der Waals surface area contributed by atoms with Gasteiger partial charge in [0.2, 0.25) is 10.0 Å². The highest BCUT2D eigenvalue weighted by Gasteiger charge is 2.22. The van der Waals surface area contributed by atoms with Crippen molar-refractivity contribution in [2.45, 2.75) is 51.5 Å². The van der Waals surface area contributed by atoms with Crippen LogP contribution in [0.4, 0.5) is 5.69 Å².